The lowest BCUT2D eigenvalue weighted by Crippen LogP contribution is -2.38. The molecule has 1 atom stereocenters. The number of nitrogens with one attached hydrogen (secondary N) is 2. The lowest BCUT2D eigenvalue weighted by molar-refractivity contribution is 0.238. The van der Waals surface area contributed by atoms with Crippen molar-refractivity contribution < 1.29 is 17.6 Å². The number of urea groups is 1. The summed E-state index contributed by atoms with van der Waals surface area (Å²) in [5.41, 5.74) is 0.806. The molecule has 2 N–H and O–H groups in total. The molecular weight excluding hydrogens is 309 g/mol. The maximum atomic E-state index is 12.7. The molecule has 0 spiro atoms. The Labute approximate surface area is 129 Å². The first-order valence-electron chi connectivity index (χ1n) is 7.06. The summed E-state index contributed by atoms with van der Waals surface area (Å²) in [6.45, 7) is 1.69. The summed E-state index contributed by atoms with van der Waals surface area (Å²) >= 11 is 0. The number of halogens is 1. The van der Waals surface area contributed by atoms with E-state index in [2.05, 4.69) is 10.6 Å². The lowest BCUT2D eigenvalue weighted by atomic mass is 10.1. The molecule has 22 heavy (non-hydrogen) atoms. The van der Waals surface area contributed by atoms with Gasteiger partial charge in [-0.3, -0.25) is 0 Å². The standard InChI is InChI=1S/C14H20FN3O3S/c1-22(20,21)18-7-6-12(10-18)9-17-14(19)16-8-11-2-4-13(15)5-3-11/h2-5,12H,6-10H2,1H3,(H2,16,17,19). The monoisotopic (exact) mass is 329 g/mol. The van der Waals surface area contributed by atoms with Crippen LogP contribution in [0.2, 0.25) is 0 Å². The zero-order valence-corrected chi connectivity index (χ0v) is 13.2. The van der Waals surface area contributed by atoms with E-state index in [9.17, 15) is 17.6 Å². The SMILES string of the molecule is CS(=O)(=O)N1CCC(CNC(=O)NCc2ccc(F)cc2)C1. The van der Waals surface area contributed by atoms with Crippen LogP contribution in [0.1, 0.15) is 12.0 Å². The highest BCUT2D eigenvalue weighted by molar-refractivity contribution is 7.88. The van der Waals surface area contributed by atoms with Crippen molar-refractivity contribution in [2.45, 2.75) is 13.0 Å². The second-order valence-corrected chi connectivity index (χ2v) is 7.45. The second kappa shape index (κ2) is 7.06. The van der Waals surface area contributed by atoms with Gasteiger partial charge >= 0.3 is 6.03 Å². The van der Waals surface area contributed by atoms with E-state index in [4.69, 9.17) is 0 Å². The number of amides is 2. The number of carbonyl (C=O) groups excluding carboxylic acids is 1. The van der Waals surface area contributed by atoms with E-state index in [1.807, 2.05) is 0 Å². The van der Waals surface area contributed by atoms with Crippen LogP contribution in [0.25, 0.3) is 0 Å². The molecule has 1 saturated heterocycles. The van der Waals surface area contributed by atoms with Gasteiger partial charge in [0.1, 0.15) is 5.82 Å². The molecule has 122 valence electrons. The van der Waals surface area contributed by atoms with Crippen molar-refractivity contribution in [2.75, 3.05) is 25.9 Å². The van der Waals surface area contributed by atoms with Crippen LogP contribution in [0.5, 0.6) is 0 Å². The quantitative estimate of drug-likeness (QED) is 0.843. The first-order chi connectivity index (χ1) is 10.3. The molecule has 2 rings (SSSR count). The number of nitrogens with zero attached hydrogens (tertiary/aromatic N) is 1. The Balaban J connectivity index is 1.69. The van der Waals surface area contributed by atoms with Gasteiger partial charge < -0.3 is 10.6 Å². The normalized spacial score (nSPS) is 19.1. The molecule has 1 aromatic rings. The first-order valence-corrected chi connectivity index (χ1v) is 8.90. The third kappa shape index (κ3) is 4.96. The number of hydrogen-bond donors (Lipinski definition) is 2. The van der Waals surface area contributed by atoms with Crippen LogP contribution < -0.4 is 10.6 Å². The zero-order chi connectivity index (χ0) is 16.2. The van der Waals surface area contributed by atoms with Gasteiger partial charge in [0.25, 0.3) is 0 Å². The van der Waals surface area contributed by atoms with Gasteiger partial charge in [0.05, 0.1) is 6.26 Å². The number of benzene rings is 1. The Hall–Kier alpha value is -1.67. The average molecular weight is 329 g/mol. The van der Waals surface area contributed by atoms with E-state index in [0.717, 1.165) is 12.0 Å². The minimum atomic E-state index is -3.15. The Morgan fingerprint density at radius 3 is 2.59 bits per heavy atom. The highest BCUT2D eigenvalue weighted by Gasteiger charge is 2.28. The van der Waals surface area contributed by atoms with Gasteiger partial charge in [-0.15, -0.1) is 0 Å². The molecule has 0 aromatic heterocycles. The fourth-order valence-corrected chi connectivity index (χ4v) is 3.27. The van der Waals surface area contributed by atoms with Crippen LogP contribution in [0, 0.1) is 11.7 Å². The topological polar surface area (TPSA) is 78.5 Å². The van der Waals surface area contributed by atoms with Crippen LogP contribution in [0.3, 0.4) is 0 Å². The van der Waals surface area contributed by atoms with Crippen molar-refractivity contribution in [1.29, 1.82) is 0 Å². The van der Waals surface area contributed by atoms with E-state index < -0.39 is 10.0 Å². The third-order valence-corrected chi connectivity index (χ3v) is 4.90. The summed E-state index contributed by atoms with van der Waals surface area (Å²) in [5.74, 6) is -0.184. The van der Waals surface area contributed by atoms with Gasteiger partial charge in [-0.2, -0.15) is 0 Å². The first kappa shape index (κ1) is 16.7. The Morgan fingerprint density at radius 2 is 2.00 bits per heavy atom. The molecule has 1 heterocycles. The van der Waals surface area contributed by atoms with Crippen LogP contribution >= 0.6 is 0 Å². The maximum absolute atomic E-state index is 12.7. The molecular formula is C14H20FN3O3S. The molecule has 6 nitrogen and oxygen atoms in total. The molecule has 0 bridgehead atoms. The zero-order valence-electron chi connectivity index (χ0n) is 12.4. The van der Waals surface area contributed by atoms with Crippen LogP contribution in [0.4, 0.5) is 9.18 Å². The summed E-state index contributed by atoms with van der Waals surface area (Å²) in [6, 6.07) is 5.58. The number of carbonyl (C=O) groups is 1. The average Bonchev–Trinajstić information content (AvgIpc) is 2.93. The van der Waals surface area contributed by atoms with Crippen molar-refractivity contribution in [3.63, 3.8) is 0 Å². The molecule has 0 aliphatic carbocycles. The summed E-state index contributed by atoms with van der Waals surface area (Å²) in [6.07, 6.45) is 1.93. The minimum Gasteiger partial charge on any atom is -0.338 e. The summed E-state index contributed by atoms with van der Waals surface area (Å²) < 4.78 is 37.0. The summed E-state index contributed by atoms with van der Waals surface area (Å²) in [4.78, 5) is 11.7. The molecule has 2 amide bonds. The molecule has 1 aromatic carbocycles. The fourth-order valence-electron chi connectivity index (χ4n) is 2.35. The van der Waals surface area contributed by atoms with Crippen LogP contribution in [-0.4, -0.2) is 44.6 Å². The lowest BCUT2D eigenvalue weighted by Gasteiger charge is -2.14. The van der Waals surface area contributed by atoms with Crippen molar-refractivity contribution in [3.05, 3.63) is 35.6 Å². The van der Waals surface area contributed by atoms with Gasteiger partial charge in [-0.1, -0.05) is 12.1 Å². The van der Waals surface area contributed by atoms with Crippen molar-refractivity contribution in [1.82, 2.24) is 14.9 Å². The van der Waals surface area contributed by atoms with Gasteiger partial charge in [0.15, 0.2) is 0 Å². The molecule has 1 aliphatic rings. The van der Waals surface area contributed by atoms with Gasteiger partial charge in [-0.05, 0) is 30.0 Å². The highest BCUT2D eigenvalue weighted by Crippen LogP contribution is 2.17. The minimum absolute atomic E-state index is 0.131. The number of sulfonamides is 1. The predicted octanol–water partition coefficient (Wildman–Crippen LogP) is 0.906. The predicted molar refractivity (Wildman–Crippen MR) is 81.2 cm³/mol. The molecule has 8 heteroatoms. The van der Waals surface area contributed by atoms with E-state index in [-0.39, 0.29) is 17.8 Å². The maximum Gasteiger partial charge on any atom is 0.315 e. The molecule has 0 saturated carbocycles. The molecule has 1 unspecified atom stereocenters. The van der Waals surface area contributed by atoms with Crippen LogP contribution in [0.15, 0.2) is 24.3 Å². The number of rotatable bonds is 5. The second-order valence-electron chi connectivity index (χ2n) is 5.47. The Kier molecular flexibility index (Phi) is 5.36. The molecule has 0 radical (unpaired) electrons. The van der Waals surface area contributed by atoms with Gasteiger partial charge in [0.2, 0.25) is 10.0 Å². The smallest absolute Gasteiger partial charge is 0.315 e. The Bertz CT molecular complexity index is 619. The summed E-state index contributed by atoms with van der Waals surface area (Å²) in [7, 11) is -3.15. The van der Waals surface area contributed by atoms with Gasteiger partial charge in [-0.25, -0.2) is 21.9 Å². The summed E-state index contributed by atoms with van der Waals surface area (Å²) in [5, 5.41) is 5.41. The van der Waals surface area contributed by atoms with E-state index >= 15 is 0 Å². The van der Waals surface area contributed by atoms with Crippen molar-refractivity contribution in [3.8, 4) is 0 Å². The van der Waals surface area contributed by atoms with Crippen LogP contribution in [-0.2, 0) is 16.6 Å². The number of hydrogen-bond acceptors (Lipinski definition) is 3. The van der Waals surface area contributed by atoms with Gasteiger partial charge in [0, 0.05) is 26.2 Å². The van der Waals surface area contributed by atoms with E-state index in [1.165, 1.54) is 22.7 Å². The highest BCUT2D eigenvalue weighted by atomic mass is 32.2. The Morgan fingerprint density at radius 1 is 1.32 bits per heavy atom. The molecule has 1 aliphatic heterocycles. The largest absolute Gasteiger partial charge is 0.338 e. The third-order valence-electron chi connectivity index (χ3n) is 3.64. The van der Waals surface area contributed by atoms with E-state index in [0.29, 0.717) is 26.2 Å². The fraction of sp³-hybridized carbons (Fsp3) is 0.500. The van der Waals surface area contributed by atoms with Crippen molar-refractivity contribution >= 4 is 16.1 Å². The molecule has 1 fully saturated rings. The van der Waals surface area contributed by atoms with Crippen molar-refractivity contribution in [2.24, 2.45) is 5.92 Å². The van der Waals surface area contributed by atoms with E-state index in [1.54, 1.807) is 12.1 Å².